The zero-order chi connectivity index (χ0) is 11.4. The first-order chi connectivity index (χ1) is 7.75. The minimum Gasteiger partial charge on any atom is -0.369 e. The van der Waals surface area contributed by atoms with Crippen LogP contribution in [0, 0.1) is 6.42 Å². The van der Waals surface area contributed by atoms with Gasteiger partial charge in [-0.15, -0.1) is 0 Å². The third-order valence-corrected chi connectivity index (χ3v) is 2.23. The number of rotatable bonds is 3. The van der Waals surface area contributed by atoms with Gasteiger partial charge < -0.3 is 5.73 Å². The second-order valence-electron chi connectivity index (χ2n) is 3.40. The van der Waals surface area contributed by atoms with Crippen LogP contribution in [0.3, 0.4) is 0 Å². The fourth-order valence-corrected chi connectivity index (χ4v) is 1.48. The fraction of sp³-hybridized carbons (Fsp3) is 0. The largest absolute Gasteiger partial charge is 0.369 e. The molecule has 2 N–H and O–H groups in total. The number of pyridine rings is 1. The highest BCUT2D eigenvalue weighted by molar-refractivity contribution is 5.87. The maximum absolute atomic E-state index is 10.7. The summed E-state index contributed by atoms with van der Waals surface area (Å²) in [7, 11) is 0. The molecule has 0 saturated carbocycles. The van der Waals surface area contributed by atoms with Crippen molar-refractivity contribution >= 4 is 5.91 Å². The first-order valence-corrected chi connectivity index (χ1v) is 4.90. The van der Waals surface area contributed by atoms with Gasteiger partial charge in [0, 0.05) is 12.4 Å². The molecule has 1 heterocycles. The zero-order valence-corrected chi connectivity index (χ0v) is 8.63. The topological polar surface area (TPSA) is 56.0 Å². The molecule has 0 unspecified atom stereocenters. The van der Waals surface area contributed by atoms with Crippen LogP contribution in [0.15, 0.2) is 48.8 Å². The van der Waals surface area contributed by atoms with Crippen molar-refractivity contribution < 1.29 is 4.79 Å². The number of hydrogen-bond donors (Lipinski definition) is 1. The summed E-state index contributed by atoms with van der Waals surface area (Å²) in [5.41, 5.74) is 8.07. The monoisotopic (exact) mass is 211 g/mol. The molecule has 0 aliphatic carbocycles. The van der Waals surface area contributed by atoms with Crippen molar-refractivity contribution in [3.05, 3.63) is 60.8 Å². The molecule has 0 fully saturated rings. The van der Waals surface area contributed by atoms with E-state index in [1.807, 2.05) is 36.4 Å². The van der Waals surface area contributed by atoms with Crippen LogP contribution >= 0.6 is 0 Å². The molecule has 1 amide bonds. The van der Waals surface area contributed by atoms with Gasteiger partial charge in [0.1, 0.15) is 0 Å². The lowest BCUT2D eigenvalue weighted by Gasteiger charge is -2.02. The molecular formula is C13H11N2O. The SMILES string of the molecule is NC(=O)[CH]c1ccc(-c2ccncc2)cc1. The van der Waals surface area contributed by atoms with Crippen molar-refractivity contribution in [2.24, 2.45) is 5.73 Å². The summed E-state index contributed by atoms with van der Waals surface area (Å²) in [4.78, 5) is 14.6. The fourth-order valence-electron chi connectivity index (χ4n) is 1.48. The van der Waals surface area contributed by atoms with E-state index in [0.717, 1.165) is 16.7 Å². The van der Waals surface area contributed by atoms with E-state index in [2.05, 4.69) is 4.98 Å². The number of nitrogens with two attached hydrogens (primary N) is 1. The van der Waals surface area contributed by atoms with Gasteiger partial charge >= 0.3 is 0 Å². The predicted octanol–water partition coefficient (Wildman–Crippen LogP) is 1.79. The van der Waals surface area contributed by atoms with E-state index in [0.29, 0.717) is 0 Å². The second-order valence-corrected chi connectivity index (χ2v) is 3.40. The van der Waals surface area contributed by atoms with Gasteiger partial charge in [0.15, 0.2) is 0 Å². The summed E-state index contributed by atoms with van der Waals surface area (Å²) in [6.07, 6.45) is 4.90. The molecule has 3 heteroatoms. The summed E-state index contributed by atoms with van der Waals surface area (Å²) < 4.78 is 0. The van der Waals surface area contributed by atoms with Crippen LogP contribution in [-0.4, -0.2) is 10.9 Å². The van der Waals surface area contributed by atoms with Crippen LogP contribution in [0.1, 0.15) is 5.56 Å². The Labute approximate surface area is 93.9 Å². The normalized spacial score (nSPS) is 10.0. The summed E-state index contributed by atoms with van der Waals surface area (Å²) in [5, 5.41) is 0. The minimum absolute atomic E-state index is 0.434. The van der Waals surface area contributed by atoms with Gasteiger partial charge in [-0.05, 0) is 28.8 Å². The zero-order valence-electron chi connectivity index (χ0n) is 8.63. The average Bonchev–Trinajstić information content (AvgIpc) is 2.30. The van der Waals surface area contributed by atoms with E-state index in [1.54, 1.807) is 12.4 Å². The third kappa shape index (κ3) is 2.45. The van der Waals surface area contributed by atoms with Crippen LogP contribution < -0.4 is 5.73 Å². The maximum Gasteiger partial charge on any atom is 0.226 e. The molecule has 0 spiro atoms. The van der Waals surface area contributed by atoms with Crippen LogP contribution in [0.2, 0.25) is 0 Å². The van der Waals surface area contributed by atoms with E-state index < -0.39 is 5.91 Å². The number of aromatic nitrogens is 1. The quantitative estimate of drug-likeness (QED) is 0.841. The summed E-state index contributed by atoms with van der Waals surface area (Å²) >= 11 is 0. The molecule has 0 aliphatic rings. The van der Waals surface area contributed by atoms with E-state index in [-0.39, 0.29) is 0 Å². The number of amides is 1. The van der Waals surface area contributed by atoms with Crippen molar-refractivity contribution in [1.29, 1.82) is 0 Å². The lowest BCUT2D eigenvalue weighted by Crippen LogP contribution is -2.11. The number of benzene rings is 1. The van der Waals surface area contributed by atoms with Gasteiger partial charge in [-0.3, -0.25) is 9.78 Å². The Morgan fingerprint density at radius 1 is 1.00 bits per heavy atom. The highest BCUT2D eigenvalue weighted by Crippen LogP contribution is 2.18. The van der Waals surface area contributed by atoms with Crippen LogP contribution in [-0.2, 0) is 4.79 Å². The van der Waals surface area contributed by atoms with Crippen molar-refractivity contribution in [3.63, 3.8) is 0 Å². The Morgan fingerprint density at radius 3 is 2.12 bits per heavy atom. The van der Waals surface area contributed by atoms with Gasteiger partial charge in [-0.1, -0.05) is 24.3 Å². The highest BCUT2D eigenvalue weighted by Gasteiger charge is 2.00. The number of primary amides is 1. The Kier molecular flexibility index (Phi) is 2.96. The second kappa shape index (κ2) is 4.57. The van der Waals surface area contributed by atoms with Crippen LogP contribution in [0.5, 0.6) is 0 Å². The Bertz CT molecular complexity index is 477. The Morgan fingerprint density at radius 2 is 1.56 bits per heavy atom. The number of carbonyl (C=O) groups excluding carboxylic acids is 1. The molecule has 3 nitrogen and oxygen atoms in total. The van der Waals surface area contributed by atoms with Crippen molar-refractivity contribution in [2.75, 3.05) is 0 Å². The van der Waals surface area contributed by atoms with Gasteiger partial charge in [0.25, 0.3) is 0 Å². The standard InChI is InChI=1S/C13H11N2O/c14-13(16)9-10-1-3-11(4-2-10)12-5-7-15-8-6-12/h1-9H,(H2,14,16). The molecule has 0 atom stereocenters. The number of hydrogen-bond acceptors (Lipinski definition) is 2. The van der Waals surface area contributed by atoms with E-state index in [9.17, 15) is 4.79 Å². The number of nitrogens with zero attached hydrogens (tertiary/aromatic N) is 1. The molecule has 2 aromatic rings. The van der Waals surface area contributed by atoms with E-state index in [4.69, 9.17) is 5.73 Å². The molecule has 1 aromatic carbocycles. The van der Waals surface area contributed by atoms with Gasteiger partial charge in [0.2, 0.25) is 5.91 Å². The van der Waals surface area contributed by atoms with Gasteiger partial charge in [0.05, 0.1) is 6.42 Å². The first-order valence-electron chi connectivity index (χ1n) is 4.90. The third-order valence-electron chi connectivity index (χ3n) is 2.23. The molecule has 79 valence electrons. The smallest absolute Gasteiger partial charge is 0.226 e. The predicted molar refractivity (Wildman–Crippen MR) is 62.3 cm³/mol. The molecular weight excluding hydrogens is 200 g/mol. The first kappa shape index (κ1) is 10.4. The van der Waals surface area contributed by atoms with Gasteiger partial charge in [-0.25, -0.2) is 0 Å². The molecule has 16 heavy (non-hydrogen) atoms. The molecule has 2 rings (SSSR count). The van der Waals surface area contributed by atoms with Crippen molar-refractivity contribution in [2.45, 2.75) is 0 Å². The van der Waals surface area contributed by atoms with Gasteiger partial charge in [-0.2, -0.15) is 0 Å². The molecule has 0 aliphatic heterocycles. The van der Waals surface area contributed by atoms with Crippen molar-refractivity contribution in [1.82, 2.24) is 4.98 Å². The summed E-state index contributed by atoms with van der Waals surface area (Å²) in [6, 6.07) is 11.5. The van der Waals surface area contributed by atoms with E-state index >= 15 is 0 Å². The average molecular weight is 211 g/mol. The summed E-state index contributed by atoms with van der Waals surface area (Å²) in [6.45, 7) is 0. The van der Waals surface area contributed by atoms with Crippen LogP contribution in [0.4, 0.5) is 0 Å². The Balaban J connectivity index is 2.23. The van der Waals surface area contributed by atoms with Crippen molar-refractivity contribution in [3.8, 4) is 11.1 Å². The maximum atomic E-state index is 10.7. The van der Waals surface area contributed by atoms with Crippen LogP contribution in [0.25, 0.3) is 11.1 Å². The summed E-state index contributed by atoms with van der Waals surface area (Å²) in [5.74, 6) is -0.434. The highest BCUT2D eigenvalue weighted by atomic mass is 16.1. The Hall–Kier alpha value is -2.16. The lowest BCUT2D eigenvalue weighted by molar-refractivity contribution is -0.114. The lowest BCUT2D eigenvalue weighted by atomic mass is 10.0. The van der Waals surface area contributed by atoms with E-state index in [1.165, 1.54) is 6.42 Å². The molecule has 1 radical (unpaired) electrons. The molecule has 0 saturated heterocycles. The molecule has 1 aromatic heterocycles. The minimum atomic E-state index is -0.434. The molecule has 0 bridgehead atoms. The number of carbonyl (C=O) groups is 1.